The predicted molar refractivity (Wildman–Crippen MR) is 140 cm³/mol. The quantitative estimate of drug-likeness (QED) is 0.593. The Kier molecular flexibility index (Phi) is 6.17. The van der Waals surface area contributed by atoms with E-state index >= 15 is 0 Å². The largest absolute Gasteiger partial charge is 0.369 e. The van der Waals surface area contributed by atoms with Crippen LogP contribution in [0.2, 0.25) is 0 Å². The molecule has 0 saturated carbocycles. The van der Waals surface area contributed by atoms with Crippen LogP contribution in [0.4, 0.5) is 27.7 Å². The van der Waals surface area contributed by atoms with Gasteiger partial charge in [0.05, 0.1) is 5.69 Å². The Morgan fingerprint density at radius 2 is 1.69 bits per heavy atom. The first kappa shape index (κ1) is 22.9. The maximum atomic E-state index is 12.9. The molecule has 2 N–H and O–H groups in total. The van der Waals surface area contributed by atoms with Crippen LogP contribution >= 0.6 is 0 Å². The molecule has 0 spiro atoms. The van der Waals surface area contributed by atoms with Gasteiger partial charge in [-0.15, -0.1) is 0 Å². The summed E-state index contributed by atoms with van der Waals surface area (Å²) in [6.45, 7) is 7.34. The van der Waals surface area contributed by atoms with Gasteiger partial charge in [-0.05, 0) is 49.9 Å². The van der Waals surface area contributed by atoms with Gasteiger partial charge in [0.2, 0.25) is 0 Å². The van der Waals surface area contributed by atoms with E-state index in [1.54, 1.807) is 18.1 Å². The third kappa shape index (κ3) is 4.59. The van der Waals surface area contributed by atoms with Crippen molar-refractivity contribution < 1.29 is 4.79 Å². The average molecular weight is 474 g/mol. The lowest BCUT2D eigenvalue weighted by Gasteiger charge is -2.34. The molecule has 1 aromatic heterocycles. The minimum absolute atomic E-state index is 0.0963. The van der Waals surface area contributed by atoms with Crippen LogP contribution in [0.1, 0.15) is 5.56 Å². The lowest BCUT2D eigenvalue weighted by Crippen LogP contribution is -2.44. The summed E-state index contributed by atoms with van der Waals surface area (Å²) in [7, 11) is 3.87. The first-order valence-corrected chi connectivity index (χ1v) is 11.9. The van der Waals surface area contributed by atoms with Gasteiger partial charge in [-0.2, -0.15) is 0 Å². The molecule has 2 aliphatic rings. The Labute approximate surface area is 205 Å². The van der Waals surface area contributed by atoms with Crippen molar-refractivity contribution in [2.45, 2.75) is 6.92 Å². The van der Waals surface area contributed by atoms with E-state index in [1.165, 1.54) is 10.3 Å². The molecule has 9 heteroatoms. The summed E-state index contributed by atoms with van der Waals surface area (Å²) in [4.78, 5) is 36.2. The van der Waals surface area contributed by atoms with Gasteiger partial charge in [0, 0.05) is 75.1 Å². The van der Waals surface area contributed by atoms with Crippen LogP contribution < -0.4 is 26.0 Å². The number of carbonyl (C=O) groups is 1. The highest BCUT2D eigenvalue weighted by molar-refractivity contribution is 5.95. The molecule has 0 radical (unpaired) electrons. The lowest BCUT2D eigenvalue weighted by atomic mass is 10.0. The molecule has 2 amide bonds. The highest BCUT2D eigenvalue weighted by Gasteiger charge is 2.24. The zero-order valence-corrected chi connectivity index (χ0v) is 20.4. The summed E-state index contributed by atoms with van der Waals surface area (Å²) < 4.78 is 1.54. The van der Waals surface area contributed by atoms with Gasteiger partial charge in [0.1, 0.15) is 0 Å². The number of benzene rings is 2. The van der Waals surface area contributed by atoms with Gasteiger partial charge in [0.15, 0.2) is 5.82 Å². The predicted octanol–water partition coefficient (Wildman–Crippen LogP) is 2.78. The molecule has 0 unspecified atom stereocenters. The Morgan fingerprint density at radius 3 is 2.37 bits per heavy atom. The molecule has 3 heterocycles. The van der Waals surface area contributed by atoms with Crippen LogP contribution in [-0.4, -0.2) is 66.8 Å². The second kappa shape index (κ2) is 9.42. The van der Waals surface area contributed by atoms with Gasteiger partial charge in [-0.25, -0.2) is 9.78 Å². The first-order chi connectivity index (χ1) is 16.9. The fraction of sp³-hybridized carbons (Fsp3) is 0.346. The average Bonchev–Trinajstić information content (AvgIpc) is 3.28. The Bertz CT molecular complexity index is 1290. The number of nitrogens with zero attached hydrogens (tertiary/aromatic N) is 5. The summed E-state index contributed by atoms with van der Waals surface area (Å²) in [6.07, 6.45) is 1.74. The summed E-state index contributed by atoms with van der Waals surface area (Å²) in [5.74, 6) is 0.265. The molecule has 9 nitrogen and oxygen atoms in total. The van der Waals surface area contributed by atoms with Gasteiger partial charge in [-0.1, -0.05) is 12.1 Å². The van der Waals surface area contributed by atoms with E-state index < -0.39 is 0 Å². The number of carbonyl (C=O) groups excluding carboxylic acids is 1. The molecule has 0 atom stereocenters. The summed E-state index contributed by atoms with van der Waals surface area (Å²) in [5.41, 5.74) is 5.12. The van der Waals surface area contributed by atoms with E-state index in [4.69, 9.17) is 0 Å². The molecule has 2 aliphatic heterocycles. The van der Waals surface area contributed by atoms with Crippen molar-refractivity contribution >= 4 is 28.9 Å². The van der Waals surface area contributed by atoms with Gasteiger partial charge in [0.25, 0.3) is 5.56 Å². The zero-order valence-electron chi connectivity index (χ0n) is 20.4. The van der Waals surface area contributed by atoms with Crippen LogP contribution in [0.15, 0.2) is 53.5 Å². The highest BCUT2D eigenvalue weighted by atomic mass is 16.2. The maximum absolute atomic E-state index is 12.9. The van der Waals surface area contributed by atoms with E-state index in [-0.39, 0.29) is 17.4 Å². The molecule has 2 fully saturated rings. The van der Waals surface area contributed by atoms with Crippen molar-refractivity contribution in [1.29, 1.82) is 0 Å². The fourth-order valence-corrected chi connectivity index (χ4v) is 4.67. The number of nitrogens with one attached hydrogen (secondary N) is 2. The van der Waals surface area contributed by atoms with E-state index in [0.29, 0.717) is 18.8 Å². The normalized spacial score (nSPS) is 16.5. The minimum atomic E-state index is -0.204. The second-order valence-corrected chi connectivity index (χ2v) is 9.19. The maximum Gasteiger partial charge on any atom is 0.322 e. The Balaban J connectivity index is 1.41. The number of piperazine rings is 1. The van der Waals surface area contributed by atoms with E-state index in [1.807, 2.05) is 37.3 Å². The van der Waals surface area contributed by atoms with Gasteiger partial charge < -0.3 is 25.0 Å². The van der Waals surface area contributed by atoms with Crippen molar-refractivity contribution in [1.82, 2.24) is 19.8 Å². The fourth-order valence-electron chi connectivity index (χ4n) is 4.67. The molecule has 0 aliphatic carbocycles. The number of hydrogen-bond donors (Lipinski definition) is 2. The first-order valence-electron chi connectivity index (χ1n) is 11.9. The number of urea groups is 1. The van der Waals surface area contributed by atoms with Crippen LogP contribution in [0.5, 0.6) is 0 Å². The molecule has 182 valence electrons. The molecular weight excluding hydrogens is 442 g/mol. The molecule has 35 heavy (non-hydrogen) atoms. The third-order valence-corrected chi connectivity index (χ3v) is 6.80. The van der Waals surface area contributed by atoms with E-state index in [0.717, 1.165) is 48.7 Å². The Morgan fingerprint density at radius 1 is 0.943 bits per heavy atom. The molecule has 0 bridgehead atoms. The number of hydrogen-bond acceptors (Lipinski definition) is 6. The highest BCUT2D eigenvalue weighted by Crippen LogP contribution is 2.31. The summed E-state index contributed by atoms with van der Waals surface area (Å²) >= 11 is 0. The van der Waals surface area contributed by atoms with E-state index in [9.17, 15) is 9.59 Å². The summed E-state index contributed by atoms with van der Waals surface area (Å²) in [6, 6.07) is 13.9. The molecule has 2 aromatic carbocycles. The summed E-state index contributed by atoms with van der Waals surface area (Å²) in [5, 5.41) is 6.06. The minimum Gasteiger partial charge on any atom is -0.369 e. The van der Waals surface area contributed by atoms with Gasteiger partial charge >= 0.3 is 6.03 Å². The van der Waals surface area contributed by atoms with E-state index in [2.05, 4.69) is 44.6 Å². The van der Waals surface area contributed by atoms with Crippen molar-refractivity contribution in [2.24, 2.45) is 7.05 Å². The van der Waals surface area contributed by atoms with Gasteiger partial charge in [-0.3, -0.25) is 9.69 Å². The molecular formula is C26H31N7O2. The standard InChI is InChI=1S/C26H31N7O2/c1-18-21(5-4-6-23(18)33-12-11-27-26(33)35)22-17-31(3)25(34)24(29-22)28-19-7-9-20(10-8-19)32-15-13-30(2)14-16-32/h4-10,17H,11-16H2,1-3H3,(H,27,35)(H,28,29). The molecule has 5 rings (SSSR count). The Hall–Kier alpha value is -3.85. The van der Waals surface area contributed by atoms with Crippen molar-refractivity contribution in [2.75, 3.05) is 61.4 Å². The van der Waals surface area contributed by atoms with Crippen molar-refractivity contribution in [3.8, 4) is 11.3 Å². The smallest absolute Gasteiger partial charge is 0.322 e. The number of rotatable bonds is 5. The number of aromatic nitrogens is 2. The van der Waals surface area contributed by atoms with Crippen molar-refractivity contribution in [3.63, 3.8) is 0 Å². The topological polar surface area (TPSA) is 85.7 Å². The third-order valence-electron chi connectivity index (χ3n) is 6.80. The molecule has 3 aromatic rings. The number of likely N-dealkylation sites (N-methyl/N-ethyl adjacent to an activating group) is 1. The van der Waals surface area contributed by atoms with Crippen LogP contribution in [0.25, 0.3) is 11.3 Å². The second-order valence-electron chi connectivity index (χ2n) is 9.19. The molecule has 2 saturated heterocycles. The van der Waals surface area contributed by atoms with Crippen molar-refractivity contribution in [3.05, 3.63) is 64.6 Å². The SMILES string of the molecule is Cc1c(-c2cn(C)c(=O)c(Nc3ccc(N4CCN(C)CC4)cc3)n2)cccc1N1CCNC1=O. The number of amides is 2. The van der Waals surface area contributed by atoms with Crippen LogP contribution in [-0.2, 0) is 7.05 Å². The van der Waals surface area contributed by atoms with Crippen LogP contribution in [0.3, 0.4) is 0 Å². The zero-order chi connectivity index (χ0) is 24.5. The monoisotopic (exact) mass is 473 g/mol. The lowest BCUT2D eigenvalue weighted by molar-refractivity contribution is 0.252. The van der Waals surface area contributed by atoms with Crippen LogP contribution in [0, 0.1) is 6.92 Å². The number of aryl methyl sites for hydroxylation is 1. The number of anilines is 4.